The summed E-state index contributed by atoms with van der Waals surface area (Å²) in [7, 11) is 3.59. The van der Waals surface area contributed by atoms with E-state index in [1.165, 1.54) is 0 Å². The van der Waals surface area contributed by atoms with E-state index in [1.54, 1.807) is 18.9 Å². The van der Waals surface area contributed by atoms with Crippen LogP contribution in [0.5, 0.6) is 0 Å². The second kappa shape index (κ2) is 5.89. The maximum Gasteiger partial charge on any atom is 0.223 e. The first kappa shape index (κ1) is 13.0. The van der Waals surface area contributed by atoms with Gasteiger partial charge >= 0.3 is 0 Å². The van der Waals surface area contributed by atoms with Gasteiger partial charge in [0.2, 0.25) is 5.91 Å². The third kappa shape index (κ3) is 3.48. The second-order valence-electron chi connectivity index (χ2n) is 3.78. The maximum absolute atomic E-state index is 11.3. The van der Waals surface area contributed by atoms with Crippen LogP contribution in [-0.4, -0.2) is 20.0 Å². The van der Waals surface area contributed by atoms with Crippen molar-refractivity contribution in [3.63, 3.8) is 0 Å². The van der Waals surface area contributed by atoms with Crippen LogP contribution in [0.4, 0.5) is 5.69 Å². The van der Waals surface area contributed by atoms with Crippen molar-refractivity contribution >= 4 is 17.2 Å². The van der Waals surface area contributed by atoms with Crippen molar-refractivity contribution in [2.24, 2.45) is 0 Å². The molecule has 0 spiro atoms. The van der Waals surface area contributed by atoms with Gasteiger partial charge in [0.05, 0.1) is 0 Å². The molecule has 0 unspecified atom stereocenters. The molecule has 1 amide bonds. The number of hydrogen-bond donors (Lipinski definition) is 1. The molecule has 17 heavy (non-hydrogen) atoms. The molecular weight excluding hydrogens is 212 g/mol. The molecule has 0 aliphatic heterocycles. The summed E-state index contributed by atoms with van der Waals surface area (Å²) in [4.78, 5) is 12.9. The van der Waals surface area contributed by atoms with Crippen LogP contribution in [0.3, 0.4) is 0 Å². The van der Waals surface area contributed by atoms with E-state index in [4.69, 9.17) is 0 Å². The molecule has 1 N–H and O–H groups in total. The van der Waals surface area contributed by atoms with Gasteiger partial charge < -0.3 is 10.2 Å². The van der Waals surface area contributed by atoms with Gasteiger partial charge in [-0.3, -0.25) is 4.79 Å². The summed E-state index contributed by atoms with van der Waals surface area (Å²) in [5.41, 5.74) is 2.77. The SMILES string of the molecule is C=C(/C=C/NC)c1cccc(N(C)C(C)=O)c1. The van der Waals surface area contributed by atoms with Crippen LogP contribution in [0.2, 0.25) is 0 Å². The van der Waals surface area contributed by atoms with Gasteiger partial charge in [0.25, 0.3) is 0 Å². The van der Waals surface area contributed by atoms with Crippen LogP contribution >= 0.6 is 0 Å². The maximum atomic E-state index is 11.3. The summed E-state index contributed by atoms with van der Waals surface area (Å²) in [6.07, 6.45) is 3.72. The number of nitrogens with zero attached hydrogens (tertiary/aromatic N) is 1. The van der Waals surface area contributed by atoms with Crippen molar-refractivity contribution < 1.29 is 4.79 Å². The number of carbonyl (C=O) groups excluding carboxylic acids is 1. The molecule has 1 aromatic carbocycles. The van der Waals surface area contributed by atoms with Crippen molar-refractivity contribution in [2.45, 2.75) is 6.92 Å². The van der Waals surface area contributed by atoms with Gasteiger partial charge in [0.1, 0.15) is 0 Å². The Kier molecular flexibility index (Phi) is 4.52. The molecule has 0 heterocycles. The lowest BCUT2D eigenvalue weighted by Crippen LogP contribution is -2.22. The zero-order valence-electron chi connectivity index (χ0n) is 10.5. The largest absolute Gasteiger partial charge is 0.394 e. The molecule has 3 heteroatoms. The molecule has 0 aliphatic rings. The lowest BCUT2D eigenvalue weighted by atomic mass is 10.1. The molecule has 0 saturated heterocycles. The Morgan fingerprint density at radius 2 is 2.18 bits per heavy atom. The van der Waals surface area contributed by atoms with E-state index in [9.17, 15) is 4.79 Å². The fraction of sp³-hybridized carbons (Fsp3) is 0.214. The molecule has 90 valence electrons. The third-order valence-electron chi connectivity index (χ3n) is 2.53. The first-order chi connectivity index (χ1) is 8.06. The monoisotopic (exact) mass is 230 g/mol. The topological polar surface area (TPSA) is 32.3 Å². The molecule has 0 fully saturated rings. The minimum atomic E-state index is 0.0125. The van der Waals surface area contributed by atoms with Crippen LogP contribution in [0, 0.1) is 0 Å². The fourth-order valence-electron chi connectivity index (χ4n) is 1.38. The summed E-state index contributed by atoms with van der Waals surface area (Å²) >= 11 is 0. The Bertz CT molecular complexity index is 449. The number of hydrogen-bond acceptors (Lipinski definition) is 2. The first-order valence-corrected chi connectivity index (χ1v) is 5.43. The normalized spacial score (nSPS) is 10.3. The quantitative estimate of drug-likeness (QED) is 0.806. The van der Waals surface area contributed by atoms with Gasteiger partial charge in [-0.15, -0.1) is 0 Å². The molecule has 3 nitrogen and oxygen atoms in total. The smallest absolute Gasteiger partial charge is 0.223 e. The average Bonchev–Trinajstić information content (AvgIpc) is 2.35. The van der Waals surface area contributed by atoms with Gasteiger partial charge in [-0.1, -0.05) is 18.7 Å². The van der Waals surface area contributed by atoms with Crippen molar-refractivity contribution in [1.82, 2.24) is 5.32 Å². The second-order valence-corrected chi connectivity index (χ2v) is 3.78. The minimum Gasteiger partial charge on any atom is -0.394 e. The number of nitrogens with one attached hydrogen (secondary N) is 1. The zero-order valence-corrected chi connectivity index (χ0v) is 10.5. The molecular formula is C14H18N2O. The van der Waals surface area contributed by atoms with Crippen molar-refractivity contribution in [3.8, 4) is 0 Å². The van der Waals surface area contributed by atoms with Gasteiger partial charge in [-0.25, -0.2) is 0 Å². The number of anilines is 1. The first-order valence-electron chi connectivity index (χ1n) is 5.43. The number of benzene rings is 1. The number of rotatable bonds is 4. The Morgan fingerprint density at radius 3 is 2.76 bits per heavy atom. The van der Waals surface area contributed by atoms with Crippen LogP contribution in [0.15, 0.2) is 43.1 Å². The van der Waals surface area contributed by atoms with E-state index < -0.39 is 0 Å². The standard InChI is InChI=1S/C14H18N2O/c1-11(8-9-15-3)13-6-5-7-14(10-13)16(4)12(2)17/h5-10,15H,1H2,2-4H3/b9-8+. The summed E-state index contributed by atoms with van der Waals surface area (Å²) in [6, 6.07) is 7.74. The summed E-state index contributed by atoms with van der Waals surface area (Å²) in [5.74, 6) is 0.0125. The molecule has 1 aromatic rings. The van der Waals surface area contributed by atoms with Gasteiger partial charge in [0, 0.05) is 26.7 Å². The van der Waals surface area contributed by atoms with Crippen LogP contribution < -0.4 is 10.2 Å². The highest BCUT2D eigenvalue weighted by atomic mass is 16.2. The summed E-state index contributed by atoms with van der Waals surface area (Å²) < 4.78 is 0. The molecule has 1 rings (SSSR count). The average molecular weight is 230 g/mol. The van der Waals surface area contributed by atoms with Gasteiger partial charge in [-0.2, -0.15) is 0 Å². The summed E-state index contributed by atoms with van der Waals surface area (Å²) in [5, 5.41) is 2.92. The highest BCUT2D eigenvalue weighted by molar-refractivity contribution is 5.91. The number of carbonyl (C=O) groups is 1. The Hall–Kier alpha value is -2.03. The third-order valence-corrected chi connectivity index (χ3v) is 2.53. The Morgan fingerprint density at radius 1 is 1.47 bits per heavy atom. The highest BCUT2D eigenvalue weighted by Crippen LogP contribution is 2.20. The number of allylic oxidation sites excluding steroid dienone is 2. The summed E-state index contributed by atoms with van der Waals surface area (Å²) in [6.45, 7) is 5.52. The predicted octanol–water partition coefficient (Wildman–Crippen LogP) is 2.42. The van der Waals surface area contributed by atoms with E-state index in [0.29, 0.717) is 0 Å². The lowest BCUT2D eigenvalue weighted by molar-refractivity contribution is -0.116. The van der Waals surface area contributed by atoms with E-state index in [0.717, 1.165) is 16.8 Å². The van der Waals surface area contributed by atoms with E-state index in [-0.39, 0.29) is 5.91 Å². The number of amides is 1. The zero-order chi connectivity index (χ0) is 12.8. The molecule has 0 saturated carbocycles. The Balaban J connectivity index is 2.97. The van der Waals surface area contributed by atoms with Gasteiger partial charge in [0.15, 0.2) is 0 Å². The predicted molar refractivity (Wildman–Crippen MR) is 72.8 cm³/mol. The van der Waals surface area contributed by atoms with Crippen molar-refractivity contribution in [3.05, 3.63) is 48.7 Å². The van der Waals surface area contributed by atoms with Gasteiger partial charge in [-0.05, 0) is 35.5 Å². The molecule has 0 aromatic heterocycles. The van der Waals surface area contributed by atoms with Crippen molar-refractivity contribution in [1.29, 1.82) is 0 Å². The van der Waals surface area contributed by atoms with Crippen LogP contribution in [0.25, 0.3) is 5.57 Å². The highest BCUT2D eigenvalue weighted by Gasteiger charge is 2.06. The van der Waals surface area contributed by atoms with Crippen LogP contribution in [-0.2, 0) is 4.79 Å². The lowest BCUT2D eigenvalue weighted by Gasteiger charge is -2.15. The van der Waals surface area contributed by atoms with E-state index in [2.05, 4.69) is 11.9 Å². The molecule has 0 radical (unpaired) electrons. The van der Waals surface area contributed by atoms with Crippen LogP contribution in [0.1, 0.15) is 12.5 Å². The molecule has 0 bridgehead atoms. The van der Waals surface area contributed by atoms with E-state index in [1.807, 2.05) is 43.6 Å². The molecule has 0 aliphatic carbocycles. The van der Waals surface area contributed by atoms with E-state index >= 15 is 0 Å². The Labute approximate surface area is 102 Å². The van der Waals surface area contributed by atoms with Crippen molar-refractivity contribution in [2.75, 3.05) is 19.0 Å². The fourth-order valence-corrected chi connectivity index (χ4v) is 1.38. The molecule has 0 atom stereocenters. The minimum absolute atomic E-state index is 0.0125.